The van der Waals surface area contributed by atoms with E-state index in [2.05, 4.69) is 24.4 Å². The molecule has 27 heavy (non-hydrogen) atoms. The van der Waals surface area contributed by atoms with E-state index < -0.39 is 11.6 Å². The van der Waals surface area contributed by atoms with Crippen LogP contribution in [0.5, 0.6) is 0 Å². The van der Waals surface area contributed by atoms with Crippen molar-refractivity contribution >= 4 is 17.8 Å². The molecule has 2 atom stereocenters. The van der Waals surface area contributed by atoms with Crippen LogP contribution in [0.3, 0.4) is 0 Å². The van der Waals surface area contributed by atoms with Crippen LogP contribution in [0, 0.1) is 5.92 Å². The fraction of sp³-hybridized carbons (Fsp3) is 0.571. The molecule has 6 heteroatoms. The summed E-state index contributed by atoms with van der Waals surface area (Å²) in [6.07, 6.45) is 4.54. The Hall–Kier alpha value is -2.37. The third-order valence-electron chi connectivity index (χ3n) is 6.07. The number of carbonyl (C=O) groups is 3. The fourth-order valence-corrected chi connectivity index (χ4v) is 4.14. The van der Waals surface area contributed by atoms with Crippen LogP contribution in [0.25, 0.3) is 0 Å². The number of nitrogens with zero attached hydrogens (tertiary/aromatic N) is 2. The van der Waals surface area contributed by atoms with Crippen LogP contribution in [0.2, 0.25) is 0 Å². The maximum Gasteiger partial charge on any atom is 0.325 e. The van der Waals surface area contributed by atoms with Crippen LogP contribution in [0.15, 0.2) is 24.3 Å². The SMILES string of the molecule is CCc1ccc(CN(C)C(=O)CN2C(=O)NC3(CCCCC3C)C2=O)cc1. The zero-order valence-electron chi connectivity index (χ0n) is 16.5. The van der Waals surface area contributed by atoms with Crippen LogP contribution in [-0.2, 0) is 22.6 Å². The first-order chi connectivity index (χ1) is 12.9. The standard InChI is InChI=1S/C21H29N3O3/c1-4-16-8-10-17(11-9-16)13-23(3)18(25)14-24-19(26)21(22-20(24)27)12-6-5-7-15(21)2/h8-11,15H,4-7,12-14H2,1-3H3,(H,22,27). The van der Waals surface area contributed by atoms with Gasteiger partial charge in [-0.3, -0.25) is 14.5 Å². The highest BCUT2D eigenvalue weighted by Gasteiger charge is 2.55. The highest BCUT2D eigenvalue weighted by molar-refractivity contribution is 6.09. The minimum Gasteiger partial charge on any atom is -0.340 e. The highest BCUT2D eigenvalue weighted by Crippen LogP contribution is 2.38. The van der Waals surface area contributed by atoms with Gasteiger partial charge in [-0.15, -0.1) is 0 Å². The quantitative estimate of drug-likeness (QED) is 0.809. The second kappa shape index (κ2) is 7.71. The van der Waals surface area contributed by atoms with Gasteiger partial charge in [0.1, 0.15) is 12.1 Å². The molecule has 6 nitrogen and oxygen atoms in total. The third-order valence-corrected chi connectivity index (χ3v) is 6.07. The monoisotopic (exact) mass is 371 g/mol. The molecule has 1 aliphatic heterocycles. The minimum atomic E-state index is -0.815. The van der Waals surface area contributed by atoms with Gasteiger partial charge in [0, 0.05) is 13.6 Å². The Morgan fingerprint density at radius 2 is 1.89 bits per heavy atom. The summed E-state index contributed by atoms with van der Waals surface area (Å²) < 4.78 is 0. The molecule has 0 bridgehead atoms. The first kappa shape index (κ1) is 19.4. The lowest BCUT2D eigenvalue weighted by Crippen LogP contribution is -2.54. The van der Waals surface area contributed by atoms with Gasteiger partial charge in [0.15, 0.2) is 0 Å². The molecule has 1 saturated heterocycles. The van der Waals surface area contributed by atoms with E-state index in [1.165, 1.54) is 5.56 Å². The number of benzene rings is 1. The van der Waals surface area contributed by atoms with Crippen molar-refractivity contribution in [2.45, 2.75) is 58.0 Å². The van der Waals surface area contributed by atoms with Gasteiger partial charge < -0.3 is 10.2 Å². The van der Waals surface area contributed by atoms with Crippen LogP contribution < -0.4 is 5.32 Å². The van der Waals surface area contributed by atoms with Crippen LogP contribution in [0.4, 0.5) is 4.79 Å². The number of carbonyl (C=O) groups excluding carboxylic acids is 3. The van der Waals surface area contributed by atoms with Gasteiger partial charge in [0.25, 0.3) is 5.91 Å². The predicted molar refractivity (Wildman–Crippen MR) is 103 cm³/mol. The molecule has 2 unspecified atom stereocenters. The van der Waals surface area contributed by atoms with Crippen LogP contribution in [0.1, 0.15) is 50.7 Å². The summed E-state index contributed by atoms with van der Waals surface area (Å²) in [7, 11) is 1.70. The highest BCUT2D eigenvalue weighted by atomic mass is 16.2. The summed E-state index contributed by atoms with van der Waals surface area (Å²) in [5.41, 5.74) is 1.46. The number of aryl methyl sites for hydroxylation is 1. The Kier molecular flexibility index (Phi) is 5.53. The van der Waals surface area contributed by atoms with Crippen molar-refractivity contribution < 1.29 is 14.4 Å². The molecule has 1 spiro atoms. The van der Waals surface area contributed by atoms with E-state index in [9.17, 15) is 14.4 Å². The molecule has 1 heterocycles. The molecule has 1 N–H and O–H groups in total. The van der Waals surface area contributed by atoms with Gasteiger partial charge >= 0.3 is 6.03 Å². The van der Waals surface area contributed by atoms with E-state index in [1.807, 2.05) is 19.1 Å². The Morgan fingerprint density at radius 1 is 1.22 bits per heavy atom. The average molecular weight is 371 g/mol. The number of nitrogens with one attached hydrogen (secondary N) is 1. The van der Waals surface area contributed by atoms with Gasteiger partial charge in [-0.1, -0.05) is 51.0 Å². The summed E-state index contributed by atoms with van der Waals surface area (Å²) >= 11 is 0. The molecule has 2 aliphatic rings. The van der Waals surface area contributed by atoms with E-state index in [0.717, 1.165) is 36.1 Å². The fourth-order valence-electron chi connectivity index (χ4n) is 4.14. The molecule has 2 fully saturated rings. The second-order valence-electron chi connectivity index (χ2n) is 7.86. The largest absolute Gasteiger partial charge is 0.340 e. The molecule has 4 amide bonds. The molecule has 0 radical (unpaired) electrons. The van der Waals surface area contributed by atoms with E-state index in [4.69, 9.17) is 0 Å². The molecular formula is C21H29N3O3. The van der Waals surface area contributed by atoms with E-state index in [1.54, 1.807) is 11.9 Å². The van der Waals surface area contributed by atoms with Gasteiger partial charge in [0.05, 0.1) is 0 Å². The van der Waals surface area contributed by atoms with Crippen molar-refractivity contribution in [3.8, 4) is 0 Å². The van der Waals surface area contributed by atoms with E-state index >= 15 is 0 Å². The summed E-state index contributed by atoms with van der Waals surface area (Å²) in [5, 5.41) is 2.89. The number of hydrogen-bond acceptors (Lipinski definition) is 3. The van der Waals surface area contributed by atoms with Gasteiger partial charge in [0.2, 0.25) is 5.91 Å². The number of likely N-dealkylation sites (N-methyl/N-ethyl adjacent to an activating group) is 1. The molecule has 1 aromatic rings. The van der Waals surface area contributed by atoms with Crippen molar-refractivity contribution in [2.24, 2.45) is 5.92 Å². The van der Waals surface area contributed by atoms with Crippen molar-refractivity contribution in [3.05, 3.63) is 35.4 Å². The Morgan fingerprint density at radius 3 is 2.52 bits per heavy atom. The number of hydrogen-bond donors (Lipinski definition) is 1. The zero-order chi connectivity index (χ0) is 19.6. The van der Waals surface area contributed by atoms with Crippen molar-refractivity contribution in [1.82, 2.24) is 15.1 Å². The Balaban J connectivity index is 1.64. The average Bonchev–Trinajstić information content (AvgIpc) is 2.89. The van der Waals surface area contributed by atoms with E-state index in [-0.39, 0.29) is 24.3 Å². The second-order valence-corrected chi connectivity index (χ2v) is 7.86. The maximum absolute atomic E-state index is 13.0. The summed E-state index contributed by atoms with van der Waals surface area (Å²) in [5.74, 6) is -0.384. The molecular weight excluding hydrogens is 342 g/mol. The zero-order valence-corrected chi connectivity index (χ0v) is 16.5. The van der Waals surface area contributed by atoms with Crippen molar-refractivity contribution in [3.63, 3.8) is 0 Å². The normalized spacial score (nSPS) is 25.0. The Bertz CT molecular complexity index is 731. The van der Waals surface area contributed by atoms with Gasteiger partial charge in [-0.2, -0.15) is 0 Å². The lowest BCUT2D eigenvalue weighted by Gasteiger charge is -2.36. The van der Waals surface area contributed by atoms with E-state index in [0.29, 0.717) is 13.0 Å². The van der Waals surface area contributed by atoms with Crippen LogP contribution >= 0.6 is 0 Å². The lowest BCUT2D eigenvalue weighted by molar-refractivity contribution is -0.140. The Labute approximate surface area is 160 Å². The molecule has 3 rings (SSSR count). The molecule has 1 aliphatic carbocycles. The lowest BCUT2D eigenvalue weighted by atomic mass is 9.73. The molecule has 1 aromatic carbocycles. The number of rotatable bonds is 5. The topological polar surface area (TPSA) is 69.7 Å². The summed E-state index contributed by atoms with van der Waals surface area (Å²) in [6.45, 7) is 4.36. The van der Waals surface area contributed by atoms with Crippen molar-refractivity contribution in [2.75, 3.05) is 13.6 Å². The molecule has 0 aromatic heterocycles. The third kappa shape index (κ3) is 3.70. The number of imide groups is 1. The van der Waals surface area contributed by atoms with Crippen LogP contribution in [-0.4, -0.2) is 46.8 Å². The smallest absolute Gasteiger partial charge is 0.325 e. The number of urea groups is 1. The summed E-state index contributed by atoms with van der Waals surface area (Å²) in [4.78, 5) is 40.7. The first-order valence-corrected chi connectivity index (χ1v) is 9.83. The van der Waals surface area contributed by atoms with Gasteiger partial charge in [-0.05, 0) is 36.3 Å². The van der Waals surface area contributed by atoms with Gasteiger partial charge in [-0.25, -0.2) is 4.79 Å². The van der Waals surface area contributed by atoms with Crippen molar-refractivity contribution in [1.29, 1.82) is 0 Å². The minimum absolute atomic E-state index is 0.0950. The molecule has 1 saturated carbocycles. The predicted octanol–water partition coefficient (Wildman–Crippen LogP) is 2.71. The molecule has 146 valence electrons. The summed E-state index contributed by atoms with van der Waals surface area (Å²) in [6, 6.07) is 7.69. The maximum atomic E-state index is 13.0. The number of amides is 4. The first-order valence-electron chi connectivity index (χ1n) is 9.83.